The number of Topliss-reactive ketones (excluding diaryl/α,β-unsaturated/α-hetero) is 4. The summed E-state index contributed by atoms with van der Waals surface area (Å²) in [6, 6.07) is 41.6. The van der Waals surface area contributed by atoms with Gasteiger partial charge in [0.1, 0.15) is 35.7 Å². The average molecular weight is 1860 g/mol. The van der Waals surface area contributed by atoms with Gasteiger partial charge in [0.05, 0.1) is 45.3 Å². The molecule has 650 valence electrons. The molecule has 12 N–H and O–H groups in total. The summed E-state index contributed by atoms with van der Waals surface area (Å²) in [5, 5.41) is 40.5. The maximum absolute atomic E-state index is 15.3. The van der Waals surface area contributed by atoms with Gasteiger partial charge in [0.25, 0.3) is 5.91 Å². The summed E-state index contributed by atoms with van der Waals surface area (Å²) < 4.78 is 91.0. The number of anilines is 4. The molecule has 12 rings (SSSR count). The number of carboxylic acids is 1. The van der Waals surface area contributed by atoms with Crippen LogP contribution >= 0.6 is 73.9 Å². The third kappa shape index (κ3) is 28.7. The number of allylic oxidation sites excluding steroid dienone is 1. The molecule has 4 atom stereocenters. The zero-order valence-electron chi connectivity index (χ0n) is 68.1. The number of nitrogen functional groups attached to an aromatic ring is 2. The Morgan fingerprint density at radius 2 is 1.01 bits per heavy atom. The number of carboxylic acid groups (broad SMARTS) is 1. The van der Waals surface area contributed by atoms with E-state index in [1.165, 1.54) is 123 Å². The molecule has 0 unspecified atom stereocenters. The topological polar surface area (TPSA) is 362 Å². The lowest BCUT2D eigenvalue weighted by Gasteiger charge is -2.27. The number of nitrogens with one attached hydrogen (secondary N) is 3. The van der Waals surface area contributed by atoms with Gasteiger partial charge in [-0.3, -0.25) is 47.9 Å². The molecule has 4 amide bonds. The van der Waals surface area contributed by atoms with Crippen LogP contribution in [0, 0.1) is 23.3 Å². The molecule has 10 aromatic rings. The largest absolute Gasteiger partial charge is 0.489 e. The molecule has 123 heavy (non-hydrogen) atoms. The Hall–Kier alpha value is -11.1. The van der Waals surface area contributed by atoms with Crippen molar-refractivity contribution in [1.82, 2.24) is 24.9 Å². The fourth-order valence-electron chi connectivity index (χ4n) is 11.7. The van der Waals surface area contributed by atoms with Crippen LogP contribution in [0.3, 0.4) is 0 Å². The van der Waals surface area contributed by atoms with Gasteiger partial charge in [0.2, 0.25) is 11.8 Å². The Bertz CT molecular complexity index is 5610. The molecule has 36 heteroatoms. The van der Waals surface area contributed by atoms with Crippen molar-refractivity contribution in [3.8, 4) is 33.4 Å². The van der Waals surface area contributed by atoms with Crippen LogP contribution in [0.25, 0.3) is 44.3 Å². The van der Waals surface area contributed by atoms with Crippen molar-refractivity contribution in [2.24, 2.45) is 5.73 Å². The van der Waals surface area contributed by atoms with Crippen molar-refractivity contribution in [3.05, 3.63) is 256 Å². The predicted molar refractivity (Wildman–Crippen MR) is 473 cm³/mol. The van der Waals surface area contributed by atoms with E-state index < -0.39 is 90.2 Å². The number of fused-ring (bicyclic) bond motifs is 1. The quantitative estimate of drug-likeness (QED) is 0.0143. The number of likely N-dealkylation sites (tertiary alicyclic amines) is 1. The number of benzene rings is 9. The second kappa shape index (κ2) is 45.8. The van der Waals surface area contributed by atoms with Crippen molar-refractivity contribution in [2.75, 3.05) is 49.3 Å². The number of halogens is 12. The van der Waals surface area contributed by atoms with E-state index in [0.717, 1.165) is 15.6 Å². The number of primary amides is 1. The first-order chi connectivity index (χ1) is 57.6. The number of aliphatic carboxylic acids is 1. The SMILES string of the molecule is CC(=O)c1ccc(Cl)c(-c2cccc(N)c2F)c1.CC(=O)c1ccc(Cl)c(-c2cccc(NC(=O)[C@@H]3C[C@@H](F)CN3)c2F)c1.CC(=O)c1ccc(Cl)c(-c2cccc(NC(=O)[C@@H]3C[C@@H](F)CN3C(=O)OC(C)(C)C)c2F)c1.CC(=O)c1ccc(Cl)c(B(O)O)c1.CC(C)=C(Cl)N(C)C.NC(=O)c1nn(CC(=O)O)c2ccccc12.Nc1cccc(Br)c1F. The van der Waals surface area contributed by atoms with E-state index in [9.17, 15) is 65.1 Å². The minimum absolute atomic E-state index is 0.0269. The highest BCUT2D eigenvalue weighted by molar-refractivity contribution is 9.10. The fourth-order valence-corrected chi connectivity index (χ4v) is 12.9. The number of nitrogens with zero attached hydrogens (tertiary/aromatic N) is 4. The number of rotatable bonds is 16. The fraction of sp³-hybridized carbons (Fsp3) is 0.241. The highest BCUT2D eigenvalue weighted by Crippen LogP contribution is 2.38. The molecule has 3 heterocycles. The first-order valence-corrected chi connectivity index (χ1v) is 39.8. The van der Waals surface area contributed by atoms with Crippen LogP contribution in [0.1, 0.15) is 127 Å². The van der Waals surface area contributed by atoms with Gasteiger partial charge in [-0.25, -0.2) is 31.1 Å². The molecular weight excluding hydrogens is 1770 g/mol. The number of carbonyl (C=O) groups excluding carboxylic acids is 8. The molecule has 2 aliphatic heterocycles. The van der Waals surface area contributed by atoms with Crippen LogP contribution < -0.4 is 38.6 Å². The lowest BCUT2D eigenvalue weighted by molar-refractivity contribution is -0.137. The Kier molecular flexibility index (Phi) is 37.5. The van der Waals surface area contributed by atoms with Crippen molar-refractivity contribution in [1.29, 1.82) is 0 Å². The zero-order valence-corrected chi connectivity index (χ0v) is 73.4. The van der Waals surface area contributed by atoms with Crippen LogP contribution in [-0.4, -0.2) is 152 Å². The summed E-state index contributed by atoms with van der Waals surface area (Å²) in [4.78, 5) is 108. The number of carbonyl (C=O) groups is 9. The molecule has 0 spiro atoms. The molecule has 9 aromatic carbocycles. The maximum atomic E-state index is 15.3. The highest BCUT2D eigenvalue weighted by Gasteiger charge is 2.42. The van der Waals surface area contributed by atoms with Crippen molar-refractivity contribution >= 4 is 173 Å². The highest BCUT2D eigenvalue weighted by atomic mass is 79.9. The smallest absolute Gasteiger partial charge is 0.480 e. The van der Waals surface area contributed by atoms with Crippen molar-refractivity contribution < 1.29 is 89.4 Å². The lowest BCUT2D eigenvalue weighted by Crippen LogP contribution is -2.45. The molecule has 0 aliphatic carbocycles. The van der Waals surface area contributed by atoms with Gasteiger partial charge in [-0.2, -0.15) is 5.10 Å². The lowest BCUT2D eigenvalue weighted by atomic mass is 9.79. The molecule has 1 aromatic heterocycles. The van der Waals surface area contributed by atoms with E-state index in [0.29, 0.717) is 59.3 Å². The standard InChI is InChI=1S/C24H25ClF2N2O4.C19H17ClF2N2O2.C14H11ClFNO.C10H9N3O3.C8H8BClO3.C6H5BrFN.C6H12ClN/c1-13(30)14-8-9-18(25)17(10-14)16-6-5-7-19(21(16)27)28-22(31)20-11-15(26)12-29(20)23(32)33-24(2,3)4;1-10(25)11-5-6-15(20)14(7-11)13-3-2-4-16(18(13)22)24-19(26)17-8-12(21)9-23-17;1-8(18)9-5-6-12(15)11(7-9)10-3-2-4-13(17)14(10)16;11-10(16)9-6-3-1-2-4-7(6)13(12-9)5-8(14)15;1-5(11)6-2-3-8(10)7(4-6)9(12)13;7-4-2-1-3-5(9)6(4)8;1-5(2)6(7)8(3)4/h5-10,15,20H,11-12H2,1-4H3,(H,28,31);2-7,12,17,23H,8-9H2,1H3,(H,24,26);2-7H,17H2,1H3;1-4H,5H2,(H2,11,16)(H,14,15);2-4,12-13H,1H3;1-3H,9H2;1-4H3/t15-,20+;12-,17+;;;;;/m11...../s1. The van der Waals surface area contributed by atoms with Gasteiger partial charge in [0.15, 0.2) is 52.1 Å². The molecule has 2 aliphatic rings. The number of nitrogens with two attached hydrogens (primary N) is 3. The van der Waals surface area contributed by atoms with Crippen molar-refractivity contribution in [2.45, 2.75) is 112 Å². The average Bonchev–Trinajstić information content (AvgIpc) is 1.69. The zero-order chi connectivity index (χ0) is 91.9. The third-order valence-electron chi connectivity index (χ3n) is 17.7. The van der Waals surface area contributed by atoms with E-state index in [1.807, 2.05) is 32.8 Å². The van der Waals surface area contributed by atoms with Gasteiger partial charge in [-0.1, -0.05) is 125 Å². The summed E-state index contributed by atoms with van der Waals surface area (Å²) in [6.07, 6.45) is -3.48. The Labute approximate surface area is 739 Å². The van der Waals surface area contributed by atoms with E-state index >= 15 is 4.39 Å². The van der Waals surface area contributed by atoms with E-state index in [4.69, 9.17) is 95.1 Å². The maximum Gasteiger partial charge on any atom is 0.489 e. The Morgan fingerprint density at radius 1 is 0.577 bits per heavy atom. The number of alkyl halides is 2. The molecule has 23 nitrogen and oxygen atoms in total. The minimum Gasteiger partial charge on any atom is -0.480 e. The summed E-state index contributed by atoms with van der Waals surface area (Å²) in [5.41, 5.74) is 20.4. The minimum atomic E-state index is -1.65. The van der Waals surface area contributed by atoms with Crippen LogP contribution in [0.4, 0.5) is 53.9 Å². The van der Waals surface area contributed by atoms with Crippen molar-refractivity contribution in [3.63, 3.8) is 0 Å². The number of hydrogen-bond acceptors (Lipinski definition) is 17. The number of amides is 4. The summed E-state index contributed by atoms with van der Waals surface area (Å²) in [7, 11) is 2.21. The van der Waals surface area contributed by atoms with E-state index in [1.54, 1.807) is 99.6 Å². The Morgan fingerprint density at radius 3 is 1.41 bits per heavy atom. The molecule has 0 radical (unpaired) electrons. The molecule has 2 saturated heterocycles. The molecule has 0 bridgehead atoms. The number of ketones is 4. The van der Waals surface area contributed by atoms with Gasteiger partial charge < -0.3 is 57.9 Å². The first kappa shape index (κ1) is 101. The number of ether oxygens (including phenoxy) is 1. The van der Waals surface area contributed by atoms with Gasteiger partial charge in [-0.15, -0.1) is 0 Å². The molecule has 2 fully saturated rings. The first-order valence-electron chi connectivity index (χ1n) is 37.1. The van der Waals surface area contributed by atoms with Crippen LogP contribution in [0.2, 0.25) is 20.1 Å². The van der Waals surface area contributed by atoms with E-state index in [-0.39, 0.29) is 121 Å². The number of para-hydroxylation sites is 1. The molecule has 0 saturated carbocycles. The predicted octanol–water partition coefficient (Wildman–Crippen LogP) is 18.2. The second-order valence-corrected chi connectivity index (χ2v) is 31.7. The number of hydrogen-bond donors (Lipinski definition) is 9. The number of aromatic nitrogens is 2. The summed E-state index contributed by atoms with van der Waals surface area (Å²) >= 11 is 32.8. The van der Waals surface area contributed by atoms with Gasteiger partial charge in [-0.05, 0) is 187 Å². The van der Waals surface area contributed by atoms with Crippen LogP contribution in [0.5, 0.6) is 0 Å². The van der Waals surface area contributed by atoms with Gasteiger partial charge in [0, 0.05) is 120 Å². The van der Waals surface area contributed by atoms with E-state index in [2.05, 4.69) is 37.0 Å². The summed E-state index contributed by atoms with van der Waals surface area (Å²) in [5.74, 6) is -5.89. The van der Waals surface area contributed by atoms with Crippen LogP contribution in [0.15, 0.2) is 185 Å². The Balaban J connectivity index is 0.000000233. The second-order valence-electron chi connectivity index (χ2n) is 28.8. The molecular formula is C87H87BBrCl5F6N10O13. The monoisotopic (exact) mass is 1860 g/mol. The van der Waals surface area contributed by atoms with Crippen LogP contribution in [-0.2, 0) is 25.7 Å². The normalized spacial score (nSPS) is 14.2. The third-order valence-corrected chi connectivity index (χ3v) is 20.4. The van der Waals surface area contributed by atoms with Gasteiger partial charge >= 0.3 is 19.2 Å². The summed E-state index contributed by atoms with van der Waals surface area (Å²) in [6.45, 7) is 14.1.